The number of ether oxygens (including phenoxy) is 2. The zero-order valence-corrected chi connectivity index (χ0v) is 11.6. The number of phenols is 1. The van der Waals surface area contributed by atoms with E-state index in [1.165, 1.54) is 0 Å². The average molecular weight is 267 g/mol. The maximum atomic E-state index is 12.2. The predicted molar refractivity (Wildman–Crippen MR) is 72.0 cm³/mol. The Balaban J connectivity index is 2.99. The van der Waals surface area contributed by atoms with Crippen molar-refractivity contribution in [2.75, 3.05) is 26.9 Å². The van der Waals surface area contributed by atoms with Crippen molar-refractivity contribution in [3.05, 3.63) is 29.8 Å². The number of hydrogen-bond acceptors (Lipinski definition) is 5. The Labute approximate surface area is 113 Å². The molecule has 19 heavy (non-hydrogen) atoms. The molecule has 1 rings (SSSR count). The van der Waals surface area contributed by atoms with Crippen LogP contribution in [0.3, 0.4) is 0 Å². The number of esters is 1. The zero-order valence-electron chi connectivity index (χ0n) is 11.6. The molecule has 0 aromatic heterocycles. The lowest BCUT2D eigenvalue weighted by atomic mass is 9.91. The fourth-order valence-electron chi connectivity index (χ4n) is 1.79. The van der Waals surface area contributed by atoms with E-state index < -0.39 is 5.54 Å². The van der Waals surface area contributed by atoms with Crippen LogP contribution in [0.4, 0.5) is 0 Å². The third-order valence-corrected chi connectivity index (χ3v) is 2.89. The molecule has 5 heteroatoms. The van der Waals surface area contributed by atoms with Gasteiger partial charge in [0.05, 0.1) is 13.2 Å². The van der Waals surface area contributed by atoms with Crippen molar-refractivity contribution >= 4 is 5.97 Å². The fourth-order valence-corrected chi connectivity index (χ4v) is 1.79. The van der Waals surface area contributed by atoms with Gasteiger partial charge in [-0.05, 0) is 31.5 Å². The molecule has 5 nitrogen and oxygen atoms in total. The largest absolute Gasteiger partial charge is 0.508 e. The van der Waals surface area contributed by atoms with Crippen molar-refractivity contribution in [1.82, 2.24) is 5.32 Å². The van der Waals surface area contributed by atoms with Gasteiger partial charge in [0.1, 0.15) is 11.3 Å². The number of benzene rings is 1. The molecule has 1 atom stereocenters. The normalized spacial score (nSPS) is 13.8. The summed E-state index contributed by atoms with van der Waals surface area (Å²) in [5.74, 6) is -0.265. The summed E-state index contributed by atoms with van der Waals surface area (Å²) in [7, 11) is 1.59. The van der Waals surface area contributed by atoms with Crippen LogP contribution < -0.4 is 5.32 Å². The number of carbonyl (C=O) groups excluding carboxylic acids is 1. The minimum Gasteiger partial charge on any atom is -0.508 e. The molecule has 1 unspecified atom stereocenters. The molecule has 0 heterocycles. The minimum atomic E-state index is -1.01. The zero-order chi connectivity index (χ0) is 14.3. The van der Waals surface area contributed by atoms with Crippen molar-refractivity contribution in [3.8, 4) is 5.75 Å². The van der Waals surface area contributed by atoms with E-state index in [2.05, 4.69) is 5.32 Å². The fraction of sp³-hybridized carbons (Fsp3) is 0.500. The first kappa shape index (κ1) is 15.5. The van der Waals surface area contributed by atoms with Crippen molar-refractivity contribution in [3.63, 3.8) is 0 Å². The summed E-state index contributed by atoms with van der Waals surface area (Å²) in [5.41, 5.74) is -0.352. The van der Waals surface area contributed by atoms with E-state index in [1.54, 1.807) is 45.2 Å². The lowest BCUT2D eigenvalue weighted by Crippen LogP contribution is -2.48. The van der Waals surface area contributed by atoms with Gasteiger partial charge in [0.2, 0.25) is 0 Å². The standard InChI is InChI=1S/C14H21NO4/c1-4-19-13(17)14(2,15-8-9-18-3)11-6-5-7-12(16)10-11/h5-7,10,15-16H,4,8-9H2,1-3H3. The molecule has 0 aliphatic carbocycles. The molecule has 0 spiro atoms. The molecular formula is C14H21NO4. The highest BCUT2D eigenvalue weighted by atomic mass is 16.5. The van der Waals surface area contributed by atoms with E-state index in [0.717, 1.165) is 0 Å². The van der Waals surface area contributed by atoms with Gasteiger partial charge >= 0.3 is 5.97 Å². The topological polar surface area (TPSA) is 67.8 Å². The van der Waals surface area contributed by atoms with Crippen molar-refractivity contribution in [2.24, 2.45) is 0 Å². The maximum Gasteiger partial charge on any atom is 0.330 e. The van der Waals surface area contributed by atoms with Gasteiger partial charge in [-0.2, -0.15) is 0 Å². The van der Waals surface area contributed by atoms with Crippen LogP contribution in [-0.2, 0) is 19.8 Å². The Kier molecular flexibility index (Phi) is 5.79. The summed E-state index contributed by atoms with van der Waals surface area (Å²) in [6.07, 6.45) is 0. The molecule has 106 valence electrons. The number of hydrogen-bond donors (Lipinski definition) is 2. The second kappa shape index (κ2) is 7.11. The van der Waals surface area contributed by atoms with E-state index >= 15 is 0 Å². The molecule has 0 aliphatic heterocycles. The molecule has 1 aromatic rings. The summed E-state index contributed by atoms with van der Waals surface area (Å²) < 4.78 is 10.1. The van der Waals surface area contributed by atoms with Crippen molar-refractivity contribution in [1.29, 1.82) is 0 Å². The first-order chi connectivity index (χ1) is 9.04. The lowest BCUT2D eigenvalue weighted by Gasteiger charge is -2.29. The SMILES string of the molecule is CCOC(=O)C(C)(NCCOC)c1cccc(O)c1. The van der Waals surface area contributed by atoms with E-state index in [1.807, 2.05) is 0 Å². The number of rotatable bonds is 7. The summed E-state index contributed by atoms with van der Waals surface area (Å²) in [6.45, 7) is 4.78. The van der Waals surface area contributed by atoms with Crippen LogP contribution >= 0.6 is 0 Å². The van der Waals surface area contributed by atoms with Crippen LogP contribution in [0.15, 0.2) is 24.3 Å². The number of aromatic hydroxyl groups is 1. The molecule has 2 N–H and O–H groups in total. The van der Waals surface area contributed by atoms with Crippen LogP contribution in [0.2, 0.25) is 0 Å². The van der Waals surface area contributed by atoms with Gasteiger partial charge in [-0.3, -0.25) is 5.32 Å². The molecule has 0 saturated heterocycles. The highest BCUT2D eigenvalue weighted by Crippen LogP contribution is 2.25. The van der Waals surface area contributed by atoms with Gasteiger partial charge in [0.25, 0.3) is 0 Å². The maximum absolute atomic E-state index is 12.2. The van der Waals surface area contributed by atoms with E-state index in [9.17, 15) is 9.90 Å². The van der Waals surface area contributed by atoms with Crippen LogP contribution in [0.5, 0.6) is 5.75 Å². The van der Waals surface area contributed by atoms with Gasteiger partial charge in [0, 0.05) is 13.7 Å². The van der Waals surface area contributed by atoms with Gasteiger partial charge < -0.3 is 14.6 Å². The number of phenolic OH excluding ortho intramolecular Hbond substituents is 1. The Morgan fingerprint density at radius 2 is 2.21 bits per heavy atom. The third kappa shape index (κ3) is 3.94. The van der Waals surface area contributed by atoms with E-state index in [4.69, 9.17) is 9.47 Å². The van der Waals surface area contributed by atoms with Crippen LogP contribution in [0.1, 0.15) is 19.4 Å². The molecule has 0 radical (unpaired) electrons. The summed E-state index contributed by atoms with van der Waals surface area (Å²) in [4.78, 5) is 12.2. The second-order valence-corrected chi connectivity index (χ2v) is 4.32. The highest BCUT2D eigenvalue weighted by Gasteiger charge is 2.36. The lowest BCUT2D eigenvalue weighted by molar-refractivity contribution is -0.151. The molecule has 0 fully saturated rings. The molecule has 0 aliphatic rings. The predicted octanol–water partition coefficient (Wildman–Crippen LogP) is 1.41. The average Bonchev–Trinajstić information content (AvgIpc) is 2.39. The number of nitrogens with one attached hydrogen (secondary N) is 1. The number of carbonyl (C=O) groups is 1. The monoisotopic (exact) mass is 267 g/mol. The molecule has 0 bridgehead atoms. The smallest absolute Gasteiger partial charge is 0.330 e. The Morgan fingerprint density at radius 1 is 1.47 bits per heavy atom. The summed E-state index contributed by atoms with van der Waals surface area (Å²) in [6, 6.07) is 6.58. The molecule has 0 amide bonds. The van der Waals surface area contributed by atoms with Gasteiger partial charge in [-0.15, -0.1) is 0 Å². The third-order valence-electron chi connectivity index (χ3n) is 2.89. The summed E-state index contributed by atoms with van der Waals surface area (Å²) in [5, 5.41) is 12.7. The molecule has 1 aromatic carbocycles. The highest BCUT2D eigenvalue weighted by molar-refractivity contribution is 5.82. The Bertz CT molecular complexity index is 422. The number of methoxy groups -OCH3 is 1. The van der Waals surface area contributed by atoms with Crippen LogP contribution in [0.25, 0.3) is 0 Å². The van der Waals surface area contributed by atoms with Crippen LogP contribution in [-0.4, -0.2) is 37.9 Å². The Hall–Kier alpha value is -1.59. The quantitative estimate of drug-likeness (QED) is 0.577. The first-order valence-electron chi connectivity index (χ1n) is 6.25. The van der Waals surface area contributed by atoms with E-state index in [0.29, 0.717) is 25.3 Å². The Morgan fingerprint density at radius 3 is 2.79 bits per heavy atom. The van der Waals surface area contributed by atoms with Gasteiger partial charge in [-0.1, -0.05) is 12.1 Å². The van der Waals surface area contributed by atoms with Crippen molar-refractivity contribution < 1.29 is 19.4 Å². The van der Waals surface area contributed by atoms with Crippen molar-refractivity contribution in [2.45, 2.75) is 19.4 Å². The molecular weight excluding hydrogens is 246 g/mol. The van der Waals surface area contributed by atoms with Gasteiger partial charge in [-0.25, -0.2) is 4.79 Å². The van der Waals surface area contributed by atoms with Gasteiger partial charge in [0.15, 0.2) is 0 Å². The molecule has 0 saturated carbocycles. The van der Waals surface area contributed by atoms with Crippen LogP contribution in [0, 0.1) is 0 Å². The first-order valence-corrected chi connectivity index (χ1v) is 6.25. The second-order valence-electron chi connectivity index (χ2n) is 4.32. The van der Waals surface area contributed by atoms with E-state index in [-0.39, 0.29) is 11.7 Å². The summed E-state index contributed by atoms with van der Waals surface area (Å²) >= 11 is 0. The minimum absolute atomic E-state index is 0.113.